The van der Waals surface area contributed by atoms with Gasteiger partial charge in [0.2, 0.25) is 5.91 Å². The topological polar surface area (TPSA) is 169 Å². The van der Waals surface area contributed by atoms with E-state index in [2.05, 4.69) is 31.3 Å². The fraction of sp³-hybridized carbons (Fsp3) is 0.891. The van der Waals surface area contributed by atoms with E-state index in [0.29, 0.717) is 12.8 Å². The van der Waals surface area contributed by atoms with Crippen molar-refractivity contribution in [2.24, 2.45) is 0 Å². The molecule has 0 aromatic carbocycles. The quantitative estimate of drug-likeness (QED) is 0.0239. The average Bonchev–Trinajstić information content (AvgIpc) is 3.20. The number of allylic oxidation sites excluding steroid dienone is 3. The first-order valence-corrected chi connectivity index (χ1v) is 23.2. The maximum atomic E-state index is 13.0. The number of amides is 1. The second-order valence-electron chi connectivity index (χ2n) is 16.3. The van der Waals surface area contributed by atoms with Crippen LogP contribution < -0.4 is 5.32 Å². The molecule has 0 aromatic heterocycles. The number of hydrogen-bond donors (Lipinski definition) is 7. The maximum Gasteiger partial charge on any atom is 0.249 e. The number of aliphatic hydroxyl groups excluding tert-OH is 6. The molecule has 330 valence electrons. The van der Waals surface area contributed by atoms with Crippen molar-refractivity contribution in [1.29, 1.82) is 0 Å². The van der Waals surface area contributed by atoms with Crippen molar-refractivity contribution in [2.45, 2.75) is 249 Å². The summed E-state index contributed by atoms with van der Waals surface area (Å²) < 4.78 is 11.1. The lowest BCUT2D eigenvalue weighted by Crippen LogP contribution is -2.60. The third-order valence-electron chi connectivity index (χ3n) is 11.1. The highest BCUT2D eigenvalue weighted by Crippen LogP contribution is 2.23. The molecule has 10 heteroatoms. The van der Waals surface area contributed by atoms with Crippen molar-refractivity contribution in [2.75, 3.05) is 13.2 Å². The van der Waals surface area contributed by atoms with Crippen LogP contribution in [0.5, 0.6) is 0 Å². The molecular formula is C46H87NO9. The predicted octanol–water partition coefficient (Wildman–Crippen LogP) is 8.47. The molecule has 7 N–H and O–H groups in total. The third-order valence-corrected chi connectivity index (χ3v) is 11.1. The average molecular weight is 798 g/mol. The zero-order chi connectivity index (χ0) is 41.1. The van der Waals surface area contributed by atoms with E-state index in [-0.39, 0.29) is 6.61 Å². The number of rotatable bonds is 38. The van der Waals surface area contributed by atoms with E-state index in [1.807, 2.05) is 6.08 Å². The number of aliphatic hydroxyl groups is 6. The van der Waals surface area contributed by atoms with Crippen molar-refractivity contribution in [1.82, 2.24) is 5.32 Å². The summed E-state index contributed by atoms with van der Waals surface area (Å²) in [5.74, 6) is -0.618. The lowest BCUT2D eigenvalue weighted by Gasteiger charge is -2.40. The van der Waals surface area contributed by atoms with E-state index >= 15 is 0 Å². The van der Waals surface area contributed by atoms with Gasteiger partial charge in [-0.25, -0.2) is 0 Å². The van der Waals surface area contributed by atoms with Crippen LogP contribution in [-0.4, -0.2) is 98.7 Å². The smallest absolute Gasteiger partial charge is 0.249 e. The highest BCUT2D eigenvalue weighted by molar-refractivity contribution is 5.80. The maximum absolute atomic E-state index is 13.0. The number of hydrogen-bond acceptors (Lipinski definition) is 9. The minimum absolute atomic E-state index is 0.305. The van der Waals surface area contributed by atoms with E-state index in [0.717, 1.165) is 38.5 Å². The number of unbranched alkanes of at least 4 members (excludes halogenated alkanes) is 25. The lowest BCUT2D eigenvalue weighted by molar-refractivity contribution is -0.302. The van der Waals surface area contributed by atoms with Gasteiger partial charge in [-0.1, -0.05) is 179 Å². The van der Waals surface area contributed by atoms with E-state index in [1.165, 1.54) is 135 Å². The summed E-state index contributed by atoms with van der Waals surface area (Å²) in [4.78, 5) is 13.0. The normalized spacial score (nSPS) is 21.9. The summed E-state index contributed by atoms with van der Waals surface area (Å²) in [6.45, 7) is 3.58. The summed E-state index contributed by atoms with van der Waals surface area (Å²) in [5, 5.41) is 64.5. The van der Waals surface area contributed by atoms with Crippen LogP contribution >= 0.6 is 0 Å². The first kappa shape index (κ1) is 52.6. The Morgan fingerprint density at radius 3 is 1.50 bits per heavy atom. The molecule has 56 heavy (non-hydrogen) atoms. The van der Waals surface area contributed by atoms with Crippen LogP contribution in [0, 0.1) is 0 Å². The molecule has 0 bridgehead atoms. The van der Waals surface area contributed by atoms with Crippen LogP contribution in [0.4, 0.5) is 0 Å². The Bertz CT molecular complexity index is 948. The van der Waals surface area contributed by atoms with E-state index in [9.17, 15) is 35.4 Å². The van der Waals surface area contributed by atoms with Gasteiger partial charge in [0.25, 0.3) is 0 Å². The molecule has 1 rings (SSSR count). The second kappa shape index (κ2) is 36.7. The Labute approximate surface area is 341 Å². The summed E-state index contributed by atoms with van der Waals surface area (Å²) in [5.41, 5.74) is 0. The van der Waals surface area contributed by atoms with Crippen LogP contribution in [0.1, 0.15) is 200 Å². The van der Waals surface area contributed by atoms with E-state index in [1.54, 1.807) is 6.08 Å². The Morgan fingerprint density at radius 1 is 0.607 bits per heavy atom. The molecule has 0 saturated carbocycles. The molecule has 0 aromatic rings. The Balaban J connectivity index is 2.36. The molecule has 8 atom stereocenters. The van der Waals surface area contributed by atoms with Crippen LogP contribution in [0.2, 0.25) is 0 Å². The van der Waals surface area contributed by atoms with Crippen molar-refractivity contribution in [3.63, 3.8) is 0 Å². The standard InChI is InChI=1S/C46H87NO9/c1-3-5-7-9-11-13-15-16-17-18-19-20-21-22-23-25-27-29-31-33-35-40(50)45(54)47-38(37-55-46-44(53)43(52)42(51)41(36-48)56-46)39(49)34-32-30-28-26-24-14-12-10-8-6-4-2/h16-17,32,34,38-44,46,48-53H,3-15,18-31,33,35-37H2,1-2H3,(H,47,54)/b17-16-,34-32+/t38-,39+,40+,41+,42+,43-,44+,46+/m0/s1. The van der Waals surface area contributed by atoms with Crippen LogP contribution in [0.25, 0.3) is 0 Å². The zero-order valence-electron chi connectivity index (χ0n) is 35.8. The minimum Gasteiger partial charge on any atom is -0.394 e. The molecule has 1 aliphatic rings. The number of nitrogens with one attached hydrogen (secondary N) is 1. The largest absolute Gasteiger partial charge is 0.394 e. The van der Waals surface area contributed by atoms with Gasteiger partial charge in [-0.05, 0) is 44.9 Å². The summed E-state index contributed by atoms with van der Waals surface area (Å²) in [6, 6.07) is -0.977. The first-order valence-electron chi connectivity index (χ1n) is 23.2. The second-order valence-corrected chi connectivity index (χ2v) is 16.3. The highest BCUT2D eigenvalue weighted by atomic mass is 16.7. The summed E-state index contributed by atoms with van der Waals surface area (Å²) in [7, 11) is 0. The Hall–Kier alpha value is -1.37. The number of ether oxygens (including phenoxy) is 2. The van der Waals surface area contributed by atoms with E-state index in [4.69, 9.17) is 9.47 Å². The van der Waals surface area contributed by atoms with Gasteiger partial charge >= 0.3 is 0 Å². The van der Waals surface area contributed by atoms with Gasteiger partial charge in [0.05, 0.1) is 25.4 Å². The van der Waals surface area contributed by atoms with Crippen molar-refractivity contribution >= 4 is 5.91 Å². The van der Waals surface area contributed by atoms with Gasteiger partial charge in [0, 0.05) is 0 Å². The monoisotopic (exact) mass is 798 g/mol. The van der Waals surface area contributed by atoms with Gasteiger partial charge < -0.3 is 45.4 Å². The number of carbonyl (C=O) groups excluding carboxylic acids is 1. The fourth-order valence-electron chi connectivity index (χ4n) is 7.27. The van der Waals surface area contributed by atoms with Gasteiger partial charge in [-0.3, -0.25) is 4.79 Å². The molecule has 0 radical (unpaired) electrons. The van der Waals surface area contributed by atoms with E-state index < -0.39 is 61.5 Å². The molecule has 1 amide bonds. The molecule has 1 heterocycles. The van der Waals surface area contributed by atoms with Gasteiger partial charge in [-0.2, -0.15) is 0 Å². The number of carbonyl (C=O) groups is 1. The molecule has 0 aliphatic carbocycles. The van der Waals surface area contributed by atoms with Gasteiger partial charge in [0.15, 0.2) is 6.29 Å². The SMILES string of the molecule is CCCCCCCC/C=C\CCCCCCCCCCCC[C@@H](O)C(=O)N[C@@H](CO[C@@H]1O[C@H](CO)[C@@H](O)[C@H](O)[C@H]1O)[C@H](O)/C=C/CCCCCCCCCCC. The summed E-state index contributed by atoms with van der Waals surface area (Å²) in [6.07, 6.45) is 32.7. The minimum atomic E-state index is -1.61. The first-order chi connectivity index (χ1) is 27.3. The molecular weight excluding hydrogens is 711 g/mol. The Kier molecular flexibility index (Phi) is 34.5. The summed E-state index contributed by atoms with van der Waals surface area (Å²) >= 11 is 0. The highest BCUT2D eigenvalue weighted by Gasteiger charge is 2.44. The molecule has 0 unspecified atom stereocenters. The molecule has 1 aliphatic heterocycles. The van der Waals surface area contributed by atoms with Crippen LogP contribution in [-0.2, 0) is 14.3 Å². The molecule has 0 spiro atoms. The predicted molar refractivity (Wildman–Crippen MR) is 227 cm³/mol. The van der Waals surface area contributed by atoms with Crippen molar-refractivity contribution in [3.8, 4) is 0 Å². The molecule has 10 nitrogen and oxygen atoms in total. The van der Waals surface area contributed by atoms with Crippen LogP contribution in [0.15, 0.2) is 24.3 Å². The van der Waals surface area contributed by atoms with Crippen molar-refractivity contribution < 1.29 is 44.9 Å². The third kappa shape index (κ3) is 26.6. The van der Waals surface area contributed by atoms with Gasteiger partial charge in [-0.15, -0.1) is 0 Å². The lowest BCUT2D eigenvalue weighted by atomic mass is 9.99. The molecule has 1 saturated heterocycles. The zero-order valence-corrected chi connectivity index (χ0v) is 35.8. The fourth-order valence-corrected chi connectivity index (χ4v) is 7.27. The Morgan fingerprint density at radius 2 is 1.04 bits per heavy atom. The van der Waals surface area contributed by atoms with Gasteiger partial charge in [0.1, 0.15) is 30.5 Å². The van der Waals surface area contributed by atoms with Crippen LogP contribution in [0.3, 0.4) is 0 Å². The molecule has 1 fully saturated rings. The van der Waals surface area contributed by atoms with Crippen molar-refractivity contribution in [3.05, 3.63) is 24.3 Å².